The molecule has 0 spiro atoms. The first-order valence-corrected chi connectivity index (χ1v) is 8.95. The van der Waals surface area contributed by atoms with E-state index in [0.717, 1.165) is 17.5 Å². The van der Waals surface area contributed by atoms with Crippen LogP contribution in [-0.4, -0.2) is 22.1 Å². The third-order valence-corrected chi connectivity index (χ3v) is 4.96. The van der Waals surface area contributed by atoms with Gasteiger partial charge in [0.1, 0.15) is 0 Å². The summed E-state index contributed by atoms with van der Waals surface area (Å²) in [6.07, 6.45) is -3.10. The predicted octanol–water partition coefficient (Wildman–Crippen LogP) is 5.08. The van der Waals surface area contributed by atoms with Gasteiger partial charge < -0.3 is 0 Å². The standard InChI is InChI=1S/C20H18F3N5/c1-3-4-5-16-14(9-24)18(15(10-25)19(26-16)20(21,22)23)12-6-7-17-13(8-12)11(2)27-28-17/h6-8,14,18H,3-5H2,1-2H3,(H,27,28). The van der Waals surface area contributed by atoms with E-state index in [1.807, 2.05) is 6.92 Å². The summed E-state index contributed by atoms with van der Waals surface area (Å²) in [6, 6.07) is 8.80. The molecule has 8 heteroatoms. The number of aryl methyl sites for hydroxylation is 1. The highest BCUT2D eigenvalue weighted by Gasteiger charge is 2.45. The zero-order valence-corrected chi connectivity index (χ0v) is 15.4. The molecular weight excluding hydrogens is 367 g/mol. The van der Waals surface area contributed by atoms with Gasteiger partial charge in [0.05, 0.1) is 29.1 Å². The second kappa shape index (κ2) is 7.47. The molecule has 28 heavy (non-hydrogen) atoms. The van der Waals surface area contributed by atoms with Gasteiger partial charge >= 0.3 is 6.18 Å². The first-order chi connectivity index (χ1) is 13.3. The van der Waals surface area contributed by atoms with Gasteiger partial charge in [-0.1, -0.05) is 19.4 Å². The van der Waals surface area contributed by atoms with Crippen molar-refractivity contribution in [3.05, 3.63) is 40.7 Å². The third-order valence-electron chi connectivity index (χ3n) is 4.96. The second-order valence-electron chi connectivity index (χ2n) is 6.79. The van der Waals surface area contributed by atoms with Gasteiger partial charge in [-0.25, -0.2) is 0 Å². The number of unbranched alkanes of at least 4 members (excludes halogenated alkanes) is 1. The fraction of sp³-hybridized carbons (Fsp3) is 0.400. The molecule has 0 radical (unpaired) electrons. The Morgan fingerprint density at radius 2 is 2.00 bits per heavy atom. The van der Waals surface area contributed by atoms with Gasteiger partial charge in [-0.3, -0.25) is 10.1 Å². The van der Waals surface area contributed by atoms with Crippen molar-refractivity contribution in [3.8, 4) is 12.1 Å². The summed E-state index contributed by atoms with van der Waals surface area (Å²) in [4.78, 5) is 3.75. The lowest BCUT2D eigenvalue weighted by molar-refractivity contribution is -0.0935. The number of halogens is 3. The zero-order valence-electron chi connectivity index (χ0n) is 15.4. The van der Waals surface area contributed by atoms with E-state index in [2.05, 4.69) is 21.3 Å². The van der Waals surface area contributed by atoms with E-state index >= 15 is 0 Å². The third kappa shape index (κ3) is 3.38. The average molecular weight is 385 g/mol. The Hall–Kier alpha value is -3.13. The molecule has 1 N–H and O–H groups in total. The summed E-state index contributed by atoms with van der Waals surface area (Å²) >= 11 is 0. The van der Waals surface area contributed by atoms with Gasteiger partial charge in [0.15, 0.2) is 5.70 Å². The van der Waals surface area contributed by atoms with E-state index < -0.39 is 29.3 Å². The number of aromatic nitrogens is 2. The molecule has 1 aromatic heterocycles. The minimum Gasteiger partial charge on any atom is -0.282 e. The van der Waals surface area contributed by atoms with Crippen LogP contribution in [0.2, 0.25) is 0 Å². The number of fused-ring (bicyclic) bond motifs is 1. The molecule has 0 amide bonds. The van der Waals surface area contributed by atoms with Gasteiger partial charge in [0.25, 0.3) is 0 Å². The molecule has 2 heterocycles. The van der Waals surface area contributed by atoms with E-state index in [1.54, 1.807) is 31.2 Å². The van der Waals surface area contributed by atoms with Crippen LogP contribution in [0.15, 0.2) is 34.5 Å². The first-order valence-electron chi connectivity index (χ1n) is 8.95. The lowest BCUT2D eigenvalue weighted by atomic mass is 9.75. The first kappa shape index (κ1) is 19.6. The second-order valence-corrected chi connectivity index (χ2v) is 6.79. The molecule has 0 fully saturated rings. The van der Waals surface area contributed by atoms with Gasteiger partial charge in [-0.2, -0.15) is 28.8 Å². The molecule has 2 atom stereocenters. The lowest BCUT2D eigenvalue weighted by Gasteiger charge is -2.29. The van der Waals surface area contributed by atoms with Crippen LogP contribution in [0.3, 0.4) is 0 Å². The molecule has 1 aromatic carbocycles. The highest BCUT2D eigenvalue weighted by atomic mass is 19.4. The Balaban J connectivity index is 2.23. The molecule has 0 aliphatic carbocycles. The molecule has 3 rings (SSSR count). The Labute approximate surface area is 160 Å². The summed E-state index contributed by atoms with van der Waals surface area (Å²) < 4.78 is 40.9. The zero-order chi connectivity index (χ0) is 20.5. The number of aromatic amines is 1. The molecule has 0 saturated heterocycles. The van der Waals surface area contributed by atoms with E-state index in [0.29, 0.717) is 17.5 Å². The predicted molar refractivity (Wildman–Crippen MR) is 98.3 cm³/mol. The van der Waals surface area contributed by atoms with E-state index in [-0.39, 0.29) is 12.1 Å². The number of rotatable bonds is 4. The minimum atomic E-state index is -4.77. The largest absolute Gasteiger partial charge is 0.434 e. The Kier molecular flexibility index (Phi) is 5.24. The Morgan fingerprint density at radius 1 is 1.25 bits per heavy atom. The molecular formula is C20H18F3N5. The number of H-pyrrole nitrogens is 1. The topological polar surface area (TPSA) is 88.6 Å². The molecule has 1 aliphatic rings. The van der Waals surface area contributed by atoms with Crippen LogP contribution in [0.1, 0.15) is 43.4 Å². The average Bonchev–Trinajstić information content (AvgIpc) is 3.04. The molecule has 0 saturated carbocycles. The van der Waals surface area contributed by atoms with Crippen molar-refractivity contribution in [2.24, 2.45) is 10.9 Å². The maximum atomic E-state index is 13.6. The molecule has 2 unspecified atom stereocenters. The summed E-state index contributed by atoms with van der Waals surface area (Å²) in [5.74, 6) is -1.94. The van der Waals surface area contributed by atoms with Crippen LogP contribution in [0.4, 0.5) is 13.2 Å². The number of benzene rings is 1. The maximum Gasteiger partial charge on any atom is 0.434 e. The highest BCUT2D eigenvalue weighted by molar-refractivity contribution is 5.93. The summed E-state index contributed by atoms with van der Waals surface area (Å²) in [7, 11) is 0. The van der Waals surface area contributed by atoms with E-state index in [9.17, 15) is 23.7 Å². The lowest BCUT2D eigenvalue weighted by Crippen LogP contribution is -2.30. The fourth-order valence-electron chi connectivity index (χ4n) is 3.55. The van der Waals surface area contributed by atoms with E-state index in [1.165, 1.54) is 0 Å². The van der Waals surface area contributed by atoms with Crippen LogP contribution in [-0.2, 0) is 0 Å². The molecule has 0 bridgehead atoms. The molecule has 5 nitrogen and oxygen atoms in total. The minimum absolute atomic E-state index is 0.185. The molecule has 1 aliphatic heterocycles. The number of hydrogen-bond donors (Lipinski definition) is 1. The van der Waals surface area contributed by atoms with Crippen molar-refractivity contribution in [3.63, 3.8) is 0 Å². The summed E-state index contributed by atoms with van der Waals surface area (Å²) in [5.41, 5.74) is 0.389. The number of aliphatic imine (C=N–C) groups is 1. The number of hydrogen-bond acceptors (Lipinski definition) is 4. The summed E-state index contributed by atoms with van der Waals surface area (Å²) in [6.45, 7) is 3.72. The van der Waals surface area contributed by atoms with Gasteiger partial charge in [-0.05, 0) is 37.5 Å². The van der Waals surface area contributed by atoms with Crippen LogP contribution in [0, 0.1) is 35.5 Å². The van der Waals surface area contributed by atoms with Crippen molar-refractivity contribution < 1.29 is 13.2 Å². The van der Waals surface area contributed by atoms with Crippen molar-refractivity contribution in [1.29, 1.82) is 10.5 Å². The molecule has 144 valence electrons. The van der Waals surface area contributed by atoms with Crippen LogP contribution >= 0.6 is 0 Å². The van der Waals surface area contributed by atoms with E-state index in [4.69, 9.17) is 0 Å². The van der Waals surface area contributed by atoms with Crippen LogP contribution in [0.25, 0.3) is 10.9 Å². The van der Waals surface area contributed by atoms with Gasteiger partial charge in [0.2, 0.25) is 0 Å². The van der Waals surface area contributed by atoms with Crippen molar-refractivity contribution >= 4 is 16.6 Å². The van der Waals surface area contributed by atoms with Crippen molar-refractivity contribution in [1.82, 2.24) is 10.2 Å². The van der Waals surface area contributed by atoms with Crippen LogP contribution < -0.4 is 0 Å². The normalized spacial score (nSPS) is 20.0. The van der Waals surface area contributed by atoms with Crippen molar-refractivity contribution in [2.75, 3.05) is 0 Å². The Bertz CT molecular complexity index is 1050. The molecule has 2 aromatic rings. The van der Waals surface area contributed by atoms with Crippen LogP contribution in [0.5, 0.6) is 0 Å². The SMILES string of the molecule is CCCCC1=NC(C(F)(F)F)=C(C#N)C(c2ccc3n[nH]c(C)c3c2)C1C#N. The summed E-state index contributed by atoms with van der Waals surface area (Å²) in [5, 5.41) is 27.0. The van der Waals surface area contributed by atoms with Gasteiger partial charge in [-0.15, -0.1) is 0 Å². The fourth-order valence-corrected chi connectivity index (χ4v) is 3.55. The highest BCUT2D eigenvalue weighted by Crippen LogP contribution is 2.44. The number of nitrogens with one attached hydrogen (secondary N) is 1. The quantitative estimate of drug-likeness (QED) is 0.796. The Morgan fingerprint density at radius 3 is 2.61 bits per heavy atom. The number of alkyl halides is 3. The van der Waals surface area contributed by atoms with Gasteiger partial charge in [0, 0.05) is 22.7 Å². The maximum absolute atomic E-state index is 13.6. The smallest absolute Gasteiger partial charge is 0.282 e. The number of nitrogens with zero attached hydrogens (tertiary/aromatic N) is 4. The number of allylic oxidation sites excluding steroid dienone is 2. The monoisotopic (exact) mass is 385 g/mol. The number of nitriles is 2. The van der Waals surface area contributed by atoms with Crippen molar-refractivity contribution in [2.45, 2.75) is 45.2 Å².